The minimum absolute atomic E-state index is 0. The summed E-state index contributed by atoms with van der Waals surface area (Å²) in [6, 6.07) is 20.9. The van der Waals surface area contributed by atoms with Crippen molar-refractivity contribution >= 4 is 51.9 Å². The predicted molar refractivity (Wildman–Crippen MR) is 201 cm³/mol. The minimum atomic E-state index is -1.59. The van der Waals surface area contributed by atoms with Gasteiger partial charge in [0.1, 0.15) is 23.0 Å². The predicted octanol–water partition coefficient (Wildman–Crippen LogP) is 11.0. The number of rotatable bonds is 10. The van der Waals surface area contributed by atoms with Gasteiger partial charge in [-0.1, -0.05) is 103 Å². The molecule has 0 saturated carbocycles. The number of aromatic nitrogens is 2. The van der Waals surface area contributed by atoms with Crippen LogP contribution in [0.2, 0.25) is 19.6 Å². The molecule has 48 heavy (non-hydrogen) atoms. The second-order valence-electron chi connectivity index (χ2n) is 15.0. The molecule has 0 atom stereocenters. The minimum Gasteiger partial charge on any atom is -0.512 e. The van der Waals surface area contributed by atoms with Crippen molar-refractivity contribution in [1.29, 1.82) is 0 Å². The third-order valence-electron chi connectivity index (χ3n) is 8.97. The summed E-state index contributed by atoms with van der Waals surface area (Å²) in [4.78, 5) is 21.0. The molecule has 0 saturated heterocycles. The van der Waals surface area contributed by atoms with Crippen LogP contribution in [0.4, 0.5) is 0 Å². The van der Waals surface area contributed by atoms with Crippen LogP contribution in [0.5, 0.6) is 0 Å². The number of hydrogen-bond acceptors (Lipinski definition) is 5. The Balaban J connectivity index is 0.000000334. The third kappa shape index (κ3) is 9.31. The molecule has 2 heterocycles. The smallest absolute Gasteiger partial charge is 0.162 e. The third-order valence-corrected chi connectivity index (χ3v) is 11.0. The molecule has 2 aromatic heterocycles. The van der Waals surface area contributed by atoms with Gasteiger partial charge in [0.25, 0.3) is 0 Å². The number of aliphatic hydroxyl groups is 1. The maximum absolute atomic E-state index is 11.7. The van der Waals surface area contributed by atoms with Gasteiger partial charge < -0.3 is 9.52 Å². The molecule has 1 radical (unpaired) electrons. The quantitative estimate of drug-likeness (QED) is 0.0656. The van der Waals surface area contributed by atoms with Gasteiger partial charge in [-0.05, 0) is 55.2 Å². The number of carbonyl (C=O) groups is 1. The average molecular weight is 842 g/mol. The van der Waals surface area contributed by atoms with Crippen molar-refractivity contribution in [2.24, 2.45) is 17.3 Å². The van der Waals surface area contributed by atoms with Crippen LogP contribution in [-0.4, -0.2) is 28.9 Å². The number of aliphatic hydroxyl groups excluding tert-OH is 1. The molecule has 259 valence electrons. The first-order chi connectivity index (χ1) is 22.2. The molecule has 0 fully saturated rings. The van der Waals surface area contributed by atoms with Crippen LogP contribution >= 0.6 is 0 Å². The maximum atomic E-state index is 11.7. The molecular weight excluding hydrogens is 789 g/mol. The van der Waals surface area contributed by atoms with Gasteiger partial charge in [0.15, 0.2) is 5.78 Å². The molecule has 0 aliphatic heterocycles. The van der Waals surface area contributed by atoms with E-state index in [0.29, 0.717) is 0 Å². The molecule has 3 aromatic carbocycles. The average Bonchev–Trinajstić information content (AvgIpc) is 3.38. The van der Waals surface area contributed by atoms with E-state index in [1.165, 1.54) is 22.2 Å². The Labute approximate surface area is 302 Å². The Morgan fingerprint density at radius 3 is 2.17 bits per heavy atom. The summed E-state index contributed by atoms with van der Waals surface area (Å²) in [6.07, 6.45) is 7.55. The Morgan fingerprint density at radius 2 is 1.56 bits per heavy atom. The first-order valence-electron chi connectivity index (χ1n) is 17.3. The summed E-state index contributed by atoms with van der Waals surface area (Å²) >= 11 is 0. The first-order valence-corrected chi connectivity index (χ1v) is 20.8. The molecule has 0 unspecified atom stereocenters. The fourth-order valence-electron chi connectivity index (χ4n) is 6.29. The second-order valence-corrected chi connectivity index (χ2v) is 20.0. The van der Waals surface area contributed by atoms with Gasteiger partial charge in [-0.25, -0.2) is 4.98 Å². The zero-order chi connectivity index (χ0) is 34.5. The number of ketones is 1. The molecule has 5 nitrogen and oxygen atoms in total. The molecule has 7 heteroatoms. The normalized spacial score (nSPS) is 12.5. The van der Waals surface area contributed by atoms with E-state index >= 15 is 0 Å². The molecule has 0 amide bonds. The number of allylic oxidation sites excluding steroid dienone is 2. The van der Waals surface area contributed by atoms with E-state index < -0.39 is 8.07 Å². The van der Waals surface area contributed by atoms with E-state index in [2.05, 4.69) is 105 Å². The second kappa shape index (κ2) is 16.5. The molecule has 0 bridgehead atoms. The zero-order valence-electron chi connectivity index (χ0n) is 30.5. The maximum Gasteiger partial charge on any atom is 0.162 e. The van der Waals surface area contributed by atoms with Crippen LogP contribution in [0, 0.1) is 23.3 Å². The van der Waals surface area contributed by atoms with E-state index in [1.807, 2.05) is 27.7 Å². The van der Waals surface area contributed by atoms with Gasteiger partial charge in [0.05, 0.1) is 19.5 Å². The molecule has 0 aliphatic rings. The van der Waals surface area contributed by atoms with E-state index in [4.69, 9.17) is 4.42 Å². The summed E-state index contributed by atoms with van der Waals surface area (Å²) in [5, 5.41) is 14.6. The number of nitrogens with zero attached hydrogens (tertiary/aromatic N) is 2. The van der Waals surface area contributed by atoms with Crippen molar-refractivity contribution in [2.45, 2.75) is 100 Å². The van der Waals surface area contributed by atoms with Gasteiger partial charge in [-0.2, -0.15) is 0 Å². The summed E-state index contributed by atoms with van der Waals surface area (Å²) in [5.74, 6) is 0.547. The largest absolute Gasteiger partial charge is 0.512 e. The molecule has 0 spiro atoms. The molecule has 5 rings (SSSR count). The van der Waals surface area contributed by atoms with Crippen LogP contribution in [0.1, 0.15) is 79.7 Å². The van der Waals surface area contributed by atoms with Crippen molar-refractivity contribution < 1.29 is 34.4 Å². The van der Waals surface area contributed by atoms with Crippen molar-refractivity contribution in [2.75, 3.05) is 0 Å². The molecule has 5 aromatic rings. The Kier molecular flexibility index (Phi) is 13.5. The summed E-state index contributed by atoms with van der Waals surface area (Å²) < 4.78 is 6.40. The van der Waals surface area contributed by atoms with Crippen molar-refractivity contribution in [3.63, 3.8) is 0 Å². The Hall–Kier alpha value is -3.12. The van der Waals surface area contributed by atoms with Gasteiger partial charge in [0.2, 0.25) is 0 Å². The number of benzene rings is 3. The van der Waals surface area contributed by atoms with Gasteiger partial charge in [-0.3, -0.25) is 9.78 Å². The topological polar surface area (TPSA) is 76.2 Å². The van der Waals surface area contributed by atoms with Crippen LogP contribution in [0.3, 0.4) is 0 Å². The SMILES string of the molecule is CC(C)(C)Cc1ccc2c(c1)oc1c(-c3[c-]c4ccccc4c([Si](C)(C)C)c3)ncnc12.CCC(CC)C(=O)/C=C(\O)C(CC)CC.[Ir]. The zero-order valence-corrected chi connectivity index (χ0v) is 33.9. The van der Waals surface area contributed by atoms with Gasteiger partial charge in [0, 0.05) is 43.4 Å². The summed E-state index contributed by atoms with van der Waals surface area (Å²) in [5.41, 5.74) is 5.76. The van der Waals surface area contributed by atoms with Gasteiger partial charge in [-0.15, -0.1) is 28.8 Å². The van der Waals surface area contributed by atoms with Crippen LogP contribution in [0.25, 0.3) is 44.1 Å². The van der Waals surface area contributed by atoms with Crippen molar-refractivity contribution in [3.8, 4) is 11.3 Å². The first kappa shape index (κ1) is 39.3. The standard InChI is InChI=1S/C28H29N2OSi.C13H24O2.Ir/c1-28(2,3)16-18-11-12-22-23(13-18)31-27-25(29-17-30-26(22)27)20-14-19-9-7-8-10-21(19)24(15-20)32(4,5)6;1-5-10(6-2)12(14)9-13(15)11(7-3)8-4;/h7-13,15,17H,16H2,1-6H3;9-11,14H,5-8H2,1-4H3;/q-1;;/b;12-9-;. The summed E-state index contributed by atoms with van der Waals surface area (Å²) in [6.45, 7) is 22.0. The fraction of sp³-hybridized carbons (Fsp3) is 0.439. The number of hydrogen-bond donors (Lipinski definition) is 1. The number of fused-ring (bicyclic) bond motifs is 4. The van der Waals surface area contributed by atoms with Crippen molar-refractivity contribution in [1.82, 2.24) is 9.97 Å². The van der Waals surface area contributed by atoms with E-state index in [-0.39, 0.29) is 48.9 Å². The fourth-order valence-corrected chi connectivity index (χ4v) is 7.89. The van der Waals surface area contributed by atoms with Crippen molar-refractivity contribution in [3.05, 3.63) is 78.3 Å². The van der Waals surface area contributed by atoms with Gasteiger partial charge >= 0.3 is 0 Å². The Morgan fingerprint density at radius 1 is 0.917 bits per heavy atom. The number of carbonyl (C=O) groups excluding carboxylic acids is 1. The van der Waals surface area contributed by atoms with E-state index in [1.54, 1.807) is 6.33 Å². The van der Waals surface area contributed by atoms with Crippen LogP contribution in [-0.2, 0) is 31.3 Å². The summed E-state index contributed by atoms with van der Waals surface area (Å²) in [7, 11) is -1.59. The van der Waals surface area contributed by atoms with Crippen LogP contribution in [0.15, 0.2) is 71.1 Å². The molecule has 1 N–H and O–H groups in total. The number of furan rings is 1. The molecule has 0 aliphatic carbocycles. The monoisotopic (exact) mass is 842 g/mol. The Bertz CT molecular complexity index is 1870. The van der Waals surface area contributed by atoms with E-state index in [9.17, 15) is 9.90 Å². The van der Waals surface area contributed by atoms with Crippen LogP contribution < -0.4 is 5.19 Å². The molecular formula is C41H53IrN2O3Si-. The van der Waals surface area contributed by atoms with E-state index in [0.717, 1.165) is 70.8 Å².